The van der Waals surface area contributed by atoms with Crippen LogP contribution in [0.1, 0.15) is 36.8 Å². The molecule has 0 fully saturated rings. The van der Waals surface area contributed by atoms with Crippen LogP contribution in [0, 0.1) is 18.6 Å². The minimum atomic E-state index is -1.17. The van der Waals surface area contributed by atoms with Crippen molar-refractivity contribution in [1.29, 1.82) is 0 Å². The Morgan fingerprint density at radius 2 is 1.69 bits per heavy atom. The minimum Gasteiger partial charge on any atom is -0.446 e. The maximum atomic E-state index is 13.8. The molecule has 1 aromatic heterocycles. The smallest absolute Gasteiger partial charge is 0.399 e. The lowest BCUT2D eigenvalue weighted by Gasteiger charge is -2.11. The predicted molar refractivity (Wildman–Crippen MR) is 83.2 cm³/mol. The van der Waals surface area contributed by atoms with Crippen molar-refractivity contribution in [3.05, 3.63) is 70.5 Å². The third kappa shape index (κ3) is 2.19. The number of amides is 2. The molecule has 1 aliphatic heterocycles. The Balaban J connectivity index is 1.69. The predicted octanol–water partition coefficient (Wildman–Crippen LogP) is 3.39. The summed E-state index contributed by atoms with van der Waals surface area (Å²) < 4.78 is 32.3. The van der Waals surface area contributed by atoms with Crippen LogP contribution in [0.15, 0.2) is 40.8 Å². The summed E-state index contributed by atoms with van der Waals surface area (Å²) in [6.45, 7) is 1.41. The largest absolute Gasteiger partial charge is 0.446 e. The maximum absolute atomic E-state index is 13.8. The first-order chi connectivity index (χ1) is 12.4. The Morgan fingerprint density at radius 3 is 2.31 bits per heavy atom. The number of furan rings is 1. The number of carbonyl (C=O) groups is 3. The Morgan fingerprint density at radius 1 is 1.08 bits per heavy atom. The molecule has 1 aliphatic rings. The van der Waals surface area contributed by atoms with E-state index >= 15 is 0 Å². The Hall–Kier alpha value is -3.55. The normalized spacial score (nSPS) is 13.4. The fourth-order valence-corrected chi connectivity index (χ4v) is 2.81. The molecule has 4 rings (SSSR count). The van der Waals surface area contributed by atoms with Gasteiger partial charge in [0.1, 0.15) is 5.82 Å². The Labute approximate surface area is 144 Å². The van der Waals surface area contributed by atoms with E-state index < -0.39 is 35.2 Å². The van der Waals surface area contributed by atoms with E-state index in [2.05, 4.69) is 0 Å². The molecule has 0 saturated carbocycles. The number of halogens is 2. The van der Waals surface area contributed by atoms with E-state index in [-0.39, 0.29) is 27.7 Å². The van der Waals surface area contributed by atoms with E-state index in [0.717, 1.165) is 6.07 Å². The summed E-state index contributed by atoms with van der Waals surface area (Å²) in [5.74, 6) is -5.02. The highest BCUT2D eigenvalue weighted by Crippen LogP contribution is 2.30. The molecular weight excluding hydrogens is 348 g/mol. The number of imide groups is 1. The van der Waals surface area contributed by atoms with Crippen LogP contribution in [0.5, 0.6) is 0 Å². The molecule has 3 aromatic rings. The molecule has 2 aromatic carbocycles. The first-order valence-electron chi connectivity index (χ1n) is 7.46. The fraction of sp³-hybridized carbons (Fsp3) is 0.0556. The van der Waals surface area contributed by atoms with Crippen molar-refractivity contribution < 1.29 is 32.4 Å². The molecule has 2 heterocycles. The Kier molecular flexibility index (Phi) is 3.36. The van der Waals surface area contributed by atoms with Crippen LogP contribution in [0.2, 0.25) is 0 Å². The van der Waals surface area contributed by atoms with Crippen molar-refractivity contribution in [1.82, 2.24) is 5.06 Å². The minimum absolute atomic E-state index is 0.0526. The molecule has 0 atom stereocenters. The van der Waals surface area contributed by atoms with Crippen LogP contribution >= 0.6 is 0 Å². The molecule has 8 heteroatoms. The number of hydrogen-bond acceptors (Lipinski definition) is 5. The van der Waals surface area contributed by atoms with Crippen LogP contribution in [0.3, 0.4) is 0 Å². The van der Waals surface area contributed by atoms with Gasteiger partial charge in [0.25, 0.3) is 11.8 Å². The van der Waals surface area contributed by atoms with E-state index in [1.165, 1.54) is 19.1 Å². The van der Waals surface area contributed by atoms with E-state index in [1.807, 2.05) is 0 Å². The third-order valence-corrected chi connectivity index (χ3v) is 4.07. The monoisotopic (exact) mass is 357 g/mol. The molecule has 0 spiro atoms. The molecular formula is C18H9F2NO5. The molecule has 26 heavy (non-hydrogen) atoms. The lowest BCUT2D eigenvalue weighted by Crippen LogP contribution is -2.32. The van der Waals surface area contributed by atoms with Gasteiger partial charge in [-0.3, -0.25) is 9.59 Å². The second kappa shape index (κ2) is 5.48. The summed E-state index contributed by atoms with van der Waals surface area (Å²) in [7, 11) is 0. The standard InChI is InChI=1S/C18H9F2NO5/c1-8-12-6-9(19)7-13(20)15(12)25-14(8)18(24)26-21-16(22)10-4-2-3-5-11(10)17(21)23/h2-7H,1H3. The molecule has 0 saturated heterocycles. The van der Waals surface area contributed by atoms with E-state index in [0.29, 0.717) is 11.1 Å². The van der Waals surface area contributed by atoms with Gasteiger partial charge >= 0.3 is 5.97 Å². The van der Waals surface area contributed by atoms with Gasteiger partial charge in [-0.2, -0.15) is 0 Å². The average Bonchev–Trinajstić information content (AvgIpc) is 3.06. The summed E-state index contributed by atoms with van der Waals surface area (Å²) >= 11 is 0. The van der Waals surface area contributed by atoms with Gasteiger partial charge in [0, 0.05) is 17.0 Å². The van der Waals surface area contributed by atoms with E-state index in [4.69, 9.17) is 9.25 Å². The first kappa shape index (κ1) is 15.9. The molecule has 0 unspecified atom stereocenters. The number of hydrogen-bond donors (Lipinski definition) is 0. The van der Waals surface area contributed by atoms with Gasteiger partial charge in [-0.05, 0) is 25.1 Å². The van der Waals surface area contributed by atoms with E-state index in [9.17, 15) is 23.2 Å². The number of aryl methyl sites for hydroxylation is 1. The van der Waals surface area contributed by atoms with Crippen LogP contribution in [-0.2, 0) is 4.84 Å². The van der Waals surface area contributed by atoms with Gasteiger partial charge in [0.15, 0.2) is 11.4 Å². The van der Waals surface area contributed by atoms with Crippen molar-refractivity contribution in [2.75, 3.05) is 0 Å². The number of rotatable bonds is 2. The van der Waals surface area contributed by atoms with E-state index in [1.54, 1.807) is 12.1 Å². The number of nitrogens with zero attached hydrogens (tertiary/aromatic N) is 1. The average molecular weight is 357 g/mol. The highest BCUT2D eigenvalue weighted by Gasteiger charge is 2.39. The van der Waals surface area contributed by atoms with Crippen molar-refractivity contribution in [2.24, 2.45) is 0 Å². The highest BCUT2D eigenvalue weighted by atomic mass is 19.1. The van der Waals surface area contributed by atoms with Gasteiger partial charge < -0.3 is 9.25 Å². The molecule has 0 radical (unpaired) electrons. The number of benzene rings is 2. The van der Waals surface area contributed by atoms with Crippen molar-refractivity contribution in [3.8, 4) is 0 Å². The summed E-state index contributed by atoms with van der Waals surface area (Å²) in [6.07, 6.45) is 0. The summed E-state index contributed by atoms with van der Waals surface area (Å²) in [5, 5.41) is 0.369. The first-order valence-corrected chi connectivity index (χ1v) is 7.46. The zero-order valence-corrected chi connectivity index (χ0v) is 13.2. The topological polar surface area (TPSA) is 76.8 Å². The zero-order valence-electron chi connectivity index (χ0n) is 13.2. The lowest BCUT2D eigenvalue weighted by atomic mass is 10.1. The van der Waals surface area contributed by atoms with Gasteiger partial charge in [0.05, 0.1) is 11.1 Å². The SMILES string of the molecule is Cc1c(C(=O)ON2C(=O)c3ccccc3C2=O)oc2c(F)cc(F)cc12. The molecule has 2 amide bonds. The molecule has 6 nitrogen and oxygen atoms in total. The van der Waals surface area contributed by atoms with Crippen molar-refractivity contribution in [2.45, 2.75) is 6.92 Å². The highest BCUT2D eigenvalue weighted by molar-refractivity contribution is 6.21. The van der Waals surface area contributed by atoms with Crippen LogP contribution < -0.4 is 0 Å². The van der Waals surface area contributed by atoms with Gasteiger partial charge in [-0.15, -0.1) is 0 Å². The fourth-order valence-electron chi connectivity index (χ4n) is 2.81. The van der Waals surface area contributed by atoms with Crippen LogP contribution in [0.4, 0.5) is 8.78 Å². The summed E-state index contributed by atoms with van der Waals surface area (Å²) in [4.78, 5) is 41.7. The van der Waals surface area contributed by atoms with Gasteiger partial charge in [0.2, 0.25) is 5.76 Å². The van der Waals surface area contributed by atoms with Crippen molar-refractivity contribution >= 4 is 28.8 Å². The Bertz CT molecular complexity index is 1080. The van der Waals surface area contributed by atoms with Gasteiger partial charge in [-0.25, -0.2) is 13.6 Å². The second-order valence-corrected chi connectivity index (χ2v) is 5.65. The molecule has 0 aliphatic carbocycles. The molecule has 130 valence electrons. The molecule has 0 bridgehead atoms. The number of carbonyl (C=O) groups excluding carboxylic acids is 3. The summed E-state index contributed by atoms with van der Waals surface area (Å²) in [6, 6.07) is 7.61. The third-order valence-electron chi connectivity index (χ3n) is 4.07. The second-order valence-electron chi connectivity index (χ2n) is 5.65. The quantitative estimate of drug-likeness (QED) is 0.657. The van der Waals surface area contributed by atoms with Gasteiger partial charge in [-0.1, -0.05) is 17.2 Å². The number of hydroxylamine groups is 2. The maximum Gasteiger partial charge on any atom is 0.399 e. The van der Waals surface area contributed by atoms with Crippen molar-refractivity contribution in [3.63, 3.8) is 0 Å². The van der Waals surface area contributed by atoms with Crippen LogP contribution in [-0.4, -0.2) is 22.8 Å². The van der Waals surface area contributed by atoms with Crippen LogP contribution in [0.25, 0.3) is 11.0 Å². The number of fused-ring (bicyclic) bond motifs is 2. The lowest BCUT2D eigenvalue weighted by molar-refractivity contribution is -0.0602. The zero-order chi connectivity index (χ0) is 18.6. The summed E-state index contributed by atoms with van der Waals surface area (Å²) in [5.41, 5.74) is -0.00212. The molecule has 0 N–H and O–H groups in total.